The second-order valence-corrected chi connectivity index (χ2v) is 4.59. The molecule has 2 saturated carbocycles. The van der Waals surface area contributed by atoms with E-state index in [1.54, 1.807) is 0 Å². The highest BCUT2D eigenvalue weighted by molar-refractivity contribution is 5.79. The summed E-state index contributed by atoms with van der Waals surface area (Å²) in [5, 5.41) is 0. The molecular formula is C11H18O. The van der Waals surface area contributed by atoms with E-state index in [1.807, 2.05) is 0 Å². The first-order valence-electron chi connectivity index (χ1n) is 5.58. The van der Waals surface area contributed by atoms with Crippen LogP contribution in [0, 0.1) is 11.3 Å². The Labute approximate surface area is 75.9 Å². The first-order valence-corrected chi connectivity index (χ1v) is 5.08. The fraction of sp³-hybridized carbons (Fsp3) is 0.909. The molecule has 1 nitrogen and oxygen atoms in total. The maximum atomic E-state index is 11.3. The van der Waals surface area contributed by atoms with Crippen molar-refractivity contribution in [1.82, 2.24) is 0 Å². The van der Waals surface area contributed by atoms with Gasteiger partial charge in [0.05, 0.1) is 0 Å². The van der Waals surface area contributed by atoms with E-state index in [1.165, 1.54) is 6.42 Å². The number of carbonyl (C=O) groups excluding carboxylic acids is 1. The van der Waals surface area contributed by atoms with Crippen LogP contribution in [0.2, 0.25) is 0 Å². The van der Waals surface area contributed by atoms with E-state index in [0.717, 1.165) is 32.1 Å². The van der Waals surface area contributed by atoms with Crippen LogP contribution >= 0.6 is 0 Å². The quantitative estimate of drug-likeness (QED) is 0.542. The maximum Gasteiger partial charge on any atom is 0.133 e. The Balaban J connectivity index is 2.25. The van der Waals surface area contributed by atoms with Crippen LogP contribution in [0.4, 0.5) is 0 Å². The van der Waals surface area contributed by atoms with Gasteiger partial charge in [-0.3, -0.25) is 4.79 Å². The molecule has 0 spiro atoms. The van der Waals surface area contributed by atoms with Gasteiger partial charge in [-0.2, -0.15) is 0 Å². The average Bonchev–Trinajstić information content (AvgIpc) is 2.07. The van der Waals surface area contributed by atoms with Crippen LogP contribution in [0.15, 0.2) is 0 Å². The average molecular weight is 167 g/mol. The molecule has 68 valence electrons. The van der Waals surface area contributed by atoms with Crippen molar-refractivity contribution in [3.8, 4) is 0 Å². The molecule has 2 atom stereocenters. The lowest BCUT2D eigenvalue weighted by Crippen LogP contribution is -2.36. The van der Waals surface area contributed by atoms with Gasteiger partial charge in [-0.15, -0.1) is 0 Å². The Morgan fingerprint density at radius 2 is 2.33 bits per heavy atom. The predicted molar refractivity (Wildman–Crippen MR) is 48.9 cm³/mol. The zero-order valence-corrected chi connectivity index (χ0v) is 7.86. The smallest absolute Gasteiger partial charge is 0.133 e. The van der Waals surface area contributed by atoms with Gasteiger partial charge in [-0.25, -0.2) is 0 Å². The Hall–Kier alpha value is -0.330. The lowest BCUT2D eigenvalue weighted by molar-refractivity contribution is -0.125. The first-order chi connectivity index (χ1) is 6.06. The van der Waals surface area contributed by atoms with Crippen molar-refractivity contribution >= 4 is 5.78 Å². The Kier molecular flexibility index (Phi) is 1.70. The summed E-state index contributed by atoms with van der Waals surface area (Å²) in [6.45, 7) is 2.21. The minimum Gasteiger partial charge on any atom is -0.300 e. The summed E-state index contributed by atoms with van der Waals surface area (Å²) in [6, 6.07) is 0. The summed E-state index contributed by atoms with van der Waals surface area (Å²) >= 11 is 0. The van der Waals surface area contributed by atoms with Crippen molar-refractivity contribution in [3.05, 3.63) is 0 Å². The summed E-state index contributed by atoms with van der Waals surface area (Å²) < 4.78 is 8.38. The molecule has 2 rings (SSSR count). The van der Waals surface area contributed by atoms with Gasteiger partial charge in [0.2, 0.25) is 0 Å². The highest BCUT2D eigenvalue weighted by Gasteiger charge is 2.40. The summed E-state index contributed by atoms with van der Waals surface area (Å²) in [5.41, 5.74) is 0.138. The van der Waals surface area contributed by atoms with E-state index in [2.05, 4.69) is 6.92 Å². The summed E-state index contributed by atoms with van der Waals surface area (Å²) in [6.07, 6.45) is 6.69. The van der Waals surface area contributed by atoms with Crippen molar-refractivity contribution in [2.45, 2.75) is 51.9 Å². The van der Waals surface area contributed by atoms with E-state index in [4.69, 9.17) is 1.37 Å². The molecule has 0 unspecified atom stereocenters. The van der Waals surface area contributed by atoms with Crippen molar-refractivity contribution in [2.75, 3.05) is 0 Å². The van der Waals surface area contributed by atoms with Crippen LogP contribution in [-0.4, -0.2) is 5.78 Å². The molecule has 0 heterocycles. The van der Waals surface area contributed by atoms with Crippen LogP contribution < -0.4 is 0 Å². The highest BCUT2D eigenvalue weighted by atomic mass is 16.1. The number of hydrogen-bond acceptors (Lipinski definition) is 1. The fourth-order valence-electron chi connectivity index (χ4n) is 2.68. The van der Waals surface area contributed by atoms with Crippen LogP contribution in [0.5, 0.6) is 0 Å². The molecule has 0 saturated heterocycles. The Morgan fingerprint density at radius 3 is 3.17 bits per heavy atom. The SMILES string of the molecule is [2H][C@@]12CCCC[C@]1(C)CCC(=O)C2. The van der Waals surface area contributed by atoms with Gasteiger partial charge in [0.15, 0.2) is 0 Å². The van der Waals surface area contributed by atoms with E-state index < -0.39 is 5.89 Å². The van der Waals surface area contributed by atoms with E-state index in [9.17, 15) is 4.79 Å². The number of carbonyl (C=O) groups is 1. The molecule has 0 N–H and O–H groups in total. The molecule has 12 heavy (non-hydrogen) atoms. The van der Waals surface area contributed by atoms with Gasteiger partial charge in [0, 0.05) is 14.2 Å². The topological polar surface area (TPSA) is 17.1 Å². The molecule has 0 aliphatic heterocycles. The molecule has 2 aliphatic rings. The number of Topliss-reactive ketones (excluding diaryl/α,β-unsaturated/α-hetero) is 1. The van der Waals surface area contributed by atoms with Crippen molar-refractivity contribution in [3.63, 3.8) is 0 Å². The molecule has 2 fully saturated rings. The van der Waals surface area contributed by atoms with E-state index in [0.29, 0.717) is 12.2 Å². The molecule has 0 aromatic heterocycles. The number of hydrogen-bond donors (Lipinski definition) is 0. The van der Waals surface area contributed by atoms with E-state index in [-0.39, 0.29) is 5.41 Å². The molecule has 1 heteroatoms. The second kappa shape index (κ2) is 2.86. The van der Waals surface area contributed by atoms with Gasteiger partial charge >= 0.3 is 0 Å². The van der Waals surface area contributed by atoms with Crippen LogP contribution in [0.3, 0.4) is 0 Å². The third-order valence-electron chi connectivity index (χ3n) is 3.68. The molecule has 0 amide bonds. The van der Waals surface area contributed by atoms with Gasteiger partial charge in [-0.05, 0) is 30.6 Å². The fourth-order valence-corrected chi connectivity index (χ4v) is 2.68. The second-order valence-electron chi connectivity index (χ2n) is 4.59. The number of rotatable bonds is 0. The maximum absolute atomic E-state index is 11.3. The zero-order valence-electron chi connectivity index (χ0n) is 8.86. The zero-order chi connectivity index (χ0) is 9.53. The third kappa shape index (κ3) is 1.30. The number of fused-ring (bicyclic) bond motifs is 1. The molecule has 2 aliphatic carbocycles. The molecule has 0 bridgehead atoms. The summed E-state index contributed by atoms with van der Waals surface area (Å²) in [4.78, 5) is 11.3. The minimum absolute atomic E-state index is 0.138. The molecule has 0 aromatic carbocycles. The van der Waals surface area contributed by atoms with Gasteiger partial charge < -0.3 is 0 Å². The normalized spacial score (nSPS) is 49.8. The lowest BCUT2D eigenvalue weighted by Gasteiger charge is -2.44. The monoisotopic (exact) mass is 167 g/mol. The van der Waals surface area contributed by atoms with E-state index >= 15 is 0 Å². The predicted octanol–water partition coefficient (Wildman–Crippen LogP) is 2.94. The third-order valence-corrected chi connectivity index (χ3v) is 3.68. The Morgan fingerprint density at radius 1 is 1.50 bits per heavy atom. The summed E-state index contributed by atoms with van der Waals surface area (Å²) in [5.74, 6) is -0.102. The van der Waals surface area contributed by atoms with Crippen LogP contribution in [0.25, 0.3) is 0 Å². The largest absolute Gasteiger partial charge is 0.300 e. The molecular weight excluding hydrogens is 148 g/mol. The van der Waals surface area contributed by atoms with Gasteiger partial charge in [0.25, 0.3) is 0 Å². The molecule has 0 radical (unpaired) electrons. The van der Waals surface area contributed by atoms with Crippen molar-refractivity contribution in [1.29, 1.82) is 0 Å². The van der Waals surface area contributed by atoms with Crippen LogP contribution in [0.1, 0.15) is 53.2 Å². The van der Waals surface area contributed by atoms with Crippen molar-refractivity contribution in [2.24, 2.45) is 11.3 Å². The van der Waals surface area contributed by atoms with Gasteiger partial charge in [0.1, 0.15) is 5.78 Å². The summed E-state index contributed by atoms with van der Waals surface area (Å²) in [7, 11) is 0. The number of ketones is 1. The van der Waals surface area contributed by atoms with Crippen LogP contribution in [-0.2, 0) is 4.79 Å². The first kappa shape index (κ1) is 7.11. The van der Waals surface area contributed by atoms with Gasteiger partial charge in [-0.1, -0.05) is 19.8 Å². The Bertz CT molecular complexity index is 238. The lowest BCUT2D eigenvalue weighted by atomic mass is 9.60. The molecule has 0 aromatic rings. The standard InChI is InChI=1S/C11H18O/c1-11-6-3-2-4-9(11)8-10(12)5-7-11/h9H,2-8H2,1H3/t9-,11+/m0/s1/i9D. The highest BCUT2D eigenvalue weighted by Crippen LogP contribution is 2.48. The minimum atomic E-state index is -0.416. The van der Waals surface area contributed by atoms with Crippen molar-refractivity contribution < 1.29 is 6.17 Å².